The Bertz CT molecular complexity index is 3100. The molecule has 1 aliphatic heterocycles. The van der Waals surface area contributed by atoms with Gasteiger partial charge in [0.15, 0.2) is 0 Å². The Labute approximate surface area is 503 Å². The third-order valence-corrected chi connectivity index (χ3v) is 16.2. The minimum absolute atomic E-state index is 0.0247. The minimum Gasteiger partial charge on any atom is -0.508 e. The van der Waals surface area contributed by atoms with E-state index in [9.17, 15) is 58.5 Å². The summed E-state index contributed by atoms with van der Waals surface area (Å²) in [5, 5.41) is 52.9. The molecule has 5 aromatic carbocycles. The molecule has 23 nitrogen and oxygen atoms in total. The van der Waals surface area contributed by atoms with E-state index in [0.717, 1.165) is 21.6 Å². The molecule has 9 atom stereocenters. The molecule has 1 aliphatic rings. The molecule has 0 spiro atoms. The van der Waals surface area contributed by atoms with Crippen molar-refractivity contribution in [2.45, 2.75) is 106 Å². The van der Waals surface area contributed by atoms with Gasteiger partial charge in [0, 0.05) is 47.0 Å². The number of rotatable bonds is 20. The monoisotopic (exact) mass is 1220 g/mol. The van der Waals surface area contributed by atoms with Crippen LogP contribution in [0, 0.1) is 0 Å². The summed E-state index contributed by atoms with van der Waals surface area (Å²) in [5.41, 5.74) is 20.9. The van der Waals surface area contributed by atoms with Gasteiger partial charge in [-0.15, -0.1) is 0 Å². The van der Waals surface area contributed by atoms with Gasteiger partial charge in [-0.1, -0.05) is 99.9 Å². The molecule has 0 radical (unpaired) electrons. The Morgan fingerprint density at radius 1 is 0.635 bits per heavy atom. The van der Waals surface area contributed by atoms with E-state index in [1.807, 2.05) is 0 Å². The van der Waals surface area contributed by atoms with Crippen LogP contribution in [0.15, 0.2) is 127 Å². The summed E-state index contributed by atoms with van der Waals surface area (Å²) in [6.45, 7) is 1.42. The first kappa shape index (κ1) is 65.9. The van der Waals surface area contributed by atoms with Crippen LogP contribution in [-0.4, -0.2) is 141 Å². The second kappa shape index (κ2) is 32.7. The molecular formula is C59H70ClN11O12S2. The lowest BCUT2D eigenvalue weighted by Gasteiger charge is -2.29. The van der Waals surface area contributed by atoms with Crippen LogP contribution < -0.4 is 59.7 Å². The highest BCUT2D eigenvalue weighted by atomic mass is 35.5. The number of amides is 9. The first-order valence-electron chi connectivity index (χ1n) is 27.2. The summed E-state index contributed by atoms with van der Waals surface area (Å²) in [6.07, 6.45) is -1.55. The molecule has 9 amide bonds. The number of nitrogens with one attached hydrogen (secondary N) is 8. The third-order valence-electron chi connectivity index (χ3n) is 13.5. The number of unbranched alkanes of at least 4 members (excludes halogenated alkanes) is 1. The molecule has 1 heterocycles. The molecule has 85 heavy (non-hydrogen) atoms. The molecule has 26 heteroatoms. The van der Waals surface area contributed by atoms with Crippen molar-refractivity contribution in [3.63, 3.8) is 0 Å². The lowest BCUT2D eigenvalue weighted by atomic mass is 10.0. The summed E-state index contributed by atoms with van der Waals surface area (Å²) in [4.78, 5) is 127. The second-order valence-corrected chi connectivity index (χ2v) is 23.2. The van der Waals surface area contributed by atoms with Gasteiger partial charge >= 0.3 is 0 Å². The summed E-state index contributed by atoms with van der Waals surface area (Å²) >= 11 is 6.09. The van der Waals surface area contributed by atoms with Crippen LogP contribution in [0.2, 0.25) is 5.02 Å². The molecule has 0 aromatic heterocycles. The van der Waals surface area contributed by atoms with Gasteiger partial charge in [-0.3, -0.25) is 43.2 Å². The van der Waals surface area contributed by atoms with Gasteiger partial charge in [-0.05, 0) is 122 Å². The molecule has 0 aliphatic carbocycles. The second-order valence-electron chi connectivity index (χ2n) is 20.2. The van der Waals surface area contributed by atoms with Gasteiger partial charge in [-0.2, -0.15) is 0 Å². The molecule has 17 N–H and O–H groups in total. The maximum atomic E-state index is 14.9. The van der Waals surface area contributed by atoms with Crippen molar-refractivity contribution in [2.24, 2.45) is 17.2 Å². The Balaban J connectivity index is 1.39. The van der Waals surface area contributed by atoms with Crippen molar-refractivity contribution in [1.29, 1.82) is 0 Å². The van der Waals surface area contributed by atoms with Crippen molar-refractivity contribution >= 4 is 92.0 Å². The lowest BCUT2D eigenvalue weighted by Crippen LogP contribution is -2.62. The van der Waals surface area contributed by atoms with Crippen molar-refractivity contribution in [3.05, 3.63) is 160 Å². The fourth-order valence-corrected chi connectivity index (χ4v) is 11.2. The maximum absolute atomic E-state index is 14.9. The van der Waals surface area contributed by atoms with E-state index in [1.54, 1.807) is 78.9 Å². The highest BCUT2D eigenvalue weighted by Gasteiger charge is 2.36. The van der Waals surface area contributed by atoms with Gasteiger partial charge in [-0.25, -0.2) is 0 Å². The predicted octanol–water partition coefficient (Wildman–Crippen LogP) is 1.39. The zero-order chi connectivity index (χ0) is 61.6. The van der Waals surface area contributed by atoms with Crippen molar-refractivity contribution in [3.8, 4) is 11.5 Å². The highest BCUT2D eigenvalue weighted by molar-refractivity contribution is 8.76. The normalized spacial score (nSPS) is 20.3. The van der Waals surface area contributed by atoms with Crippen LogP contribution in [0.25, 0.3) is 0 Å². The van der Waals surface area contributed by atoms with E-state index in [-0.39, 0.29) is 74.0 Å². The number of phenols is 2. The SMILES string of the molecule is CC(O)C1NC(=O)[C@H](CCCCN)NC(=O)[C@@H](Cc2ccc(NC(=O)c3ccccc3)cc2)NC(=O)[C@H](Cc2ccc(O)cc2)NC(=O)[C@H](NC(=O)[C@@H](N)Cc2ccc(Cl)cc2)CSSC[C@@H](C(=O)N[C@H](Cc2ccc(O)cc2)C(N)=O)NC1=O. The number of hydrogen-bond donors (Lipinski definition) is 14. The topological polar surface area (TPSA) is 389 Å². The summed E-state index contributed by atoms with van der Waals surface area (Å²) in [5.74, 6) is -8.39. The molecule has 2 unspecified atom stereocenters. The van der Waals surface area contributed by atoms with Gasteiger partial charge in [0.1, 0.15) is 53.8 Å². The third kappa shape index (κ3) is 21.1. The van der Waals surface area contributed by atoms with Crippen molar-refractivity contribution in [2.75, 3.05) is 23.4 Å². The van der Waals surface area contributed by atoms with Gasteiger partial charge in [0.05, 0.1) is 12.1 Å². The number of benzene rings is 5. The molecule has 1 fully saturated rings. The molecular weight excluding hydrogens is 1150 g/mol. The minimum atomic E-state index is -1.76. The Morgan fingerprint density at radius 3 is 1.73 bits per heavy atom. The number of primary amides is 1. The number of carbonyl (C=O) groups excluding carboxylic acids is 9. The van der Waals surface area contributed by atoms with Crippen LogP contribution >= 0.6 is 33.2 Å². The number of carbonyl (C=O) groups is 9. The standard InChI is InChI=1S/C59H70ClN11O12S2/c1-33(72)50-59(83)70-49(57(81)66-45(51(63)75)28-36-14-22-41(73)23-15-36)32-85-84-31-48(69-53(77)43(62)27-34-10-18-39(60)19-11-34)58(82)68-47(30-37-16-24-42(74)25-17-37)56(80)67-46(55(79)65-44(54(78)71-50)9-5-6-26-61)29-35-12-20-40(21-13-35)64-52(76)38-7-3-2-4-8-38/h2-4,7-8,10-25,33,43-50,72-74H,5-6,9,26-32,61-62H2,1H3,(H2,63,75)(H,64,76)(H,65,79)(H,66,81)(H,67,80)(H,68,82)(H,69,77)(H,70,83)(H,71,78)/t33?,43-,44-,45+,46+,47-,48+,49-,50?/m0/s1. The molecule has 0 bridgehead atoms. The number of hydrogen-bond acceptors (Lipinski definition) is 16. The van der Waals surface area contributed by atoms with Crippen LogP contribution in [-0.2, 0) is 64.0 Å². The van der Waals surface area contributed by atoms with Crippen LogP contribution in [0.1, 0.15) is 58.8 Å². The zero-order valence-corrected chi connectivity index (χ0v) is 48.7. The Hall–Kier alpha value is -8.20. The number of aliphatic hydroxyl groups excluding tert-OH is 1. The summed E-state index contributed by atoms with van der Waals surface area (Å²) in [6, 6.07) is 21.3. The van der Waals surface area contributed by atoms with Crippen molar-refractivity contribution in [1.82, 2.24) is 37.2 Å². The molecule has 6 rings (SSSR count). The Kier molecular flexibility index (Phi) is 25.4. The van der Waals surface area contributed by atoms with Crippen molar-refractivity contribution < 1.29 is 58.5 Å². The lowest BCUT2D eigenvalue weighted by molar-refractivity contribution is -0.136. The molecule has 0 saturated carbocycles. The van der Waals surface area contributed by atoms with E-state index in [4.69, 9.17) is 28.8 Å². The first-order valence-corrected chi connectivity index (χ1v) is 30.1. The fraction of sp³-hybridized carbons (Fsp3) is 0.339. The summed E-state index contributed by atoms with van der Waals surface area (Å²) in [7, 11) is 1.91. The van der Waals surface area contributed by atoms with Crippen LogP contribution in [0.5, 0.6) is 11.5 Å². The van der Waals surface area contributed by atoms with Gasteiger partial charge in [0.25, 0.3) is 5.91 Å². The summed E-state index contributed by atoms with van der Waals surface area (Å²) < 4.78 is 0. The molecule has 452 valence electrons. The number of halogens is 1. The first-order chi connectivity index (χ1) is 40.6. The number of anilines is 1. The quantitative estimate of drug-likeness (QED) is 0.0387. The maximum Gasteiger partial charge on any atom is 0.255 e. The van der Waals surface area contributed by atoms with Crippen LogP contribution in [0.4, 0.5) is 5.69 Å². The van der Waals surface area contributed by atoms with E-state index in [1.165, 1.54) is 55.5 Å². The molecule has 5 aromatic rings. The number of phenolic OH excluding ortho intramolecular Hbond substituents is 2. The zero-order valence-electron chi connectivity index (χ0n) is 46.3. The van der Waals surface area contributed by atoms with E-state index in [2.05, 4.69) is 42.5 Å². The number of aliphatic hydroxyl groups is 1. The average Bonchev–Trinajstić information content (AvgIpc) is 3.62. The Morgan fingerprint density at radius 2 is 1.15 bits per heavy atom. The largest absolute Gasteiger partial charge is 0.508 e. The van der Waals surface area contributed by atoms with Gasteiger partial charge in [0.2, 0.25) is 47.3 Å². The number of aromatic hydroxyl groups is 2. The van der Waals surface area contributed by atoms with Crippen LogP contribution in [0.3, 0.4) is 0 Å². The van der Waals surface area contributed by atoms with E-state index >= 15 is 0 Å². The highest BCUT2D eigenvalue weighted by Crippen LogP contribution is 2.25. The fourth-order valence-electron chi connectivity index (χ4n) is 8.74. The molecule has 1 saturated heterocycles. The number of nitrogens with two attached hydrogens (primary N) is 3. The smallest absolute Gasteiger partial charge is 0.255 e. The average molecular weight is 1220 g/mol. The van der Waals surface area contributed by atoms with E-state index in [0.29, 0.717) is 44.9 Å². The predicted molar refractivity (Wildman–Crippen MR) is 324 cm³/mol. The van der Waals surface area contributed by atoms with Gasteiger partial charge < -0.3 is 75.1 Å². The van der Waals surface area contributed by atoms with E-state index < -0.39 is 102 Å².